The number of likely N-dealkylation sites (tertiary alicyclic amines) is 1. The average Bonchev–Trinajstić information content (AvgIpc) is 3.43. The van der Waals surface area contributed by atoms with Crippen LogP contribution in [-0.2, 0) is 18.8 Å². The minimum Gasteiger partial charge on any atom is -0.453 e. The van der Waals surface area contributed by atoms with Gasteiger partial charge in [-0.2, -0.15) is 0 Å². The van der Waals surface area contributed by atoms with E-state index in [0.29, 0.717) is 17.8 Å². The van der Waals surface area contributed by atoms with Gasteiger partial charge in [0.15, 0.2) is 0 Å². The second-order valence-electron chi connectivity index (χ2n) is 12.6. The first-order chi connectivity index (χ1) is 17.8. The summed E-state index contributed by atoms with van der Waals surface area (Å²) in [7, 11) is 0.718. The Hall–Kier alpha value is -2.79. The topological polar surface area (TPSA) is 118 Å². The number of nitrogens with one attached hydrogen (secondary N) is 3. The zero-order valence-electron chi connectivity index (χ0n) is 23.3. The SMILES string of the molecule is COC(=O)N[C@H](C(=O)N1CC2(CC2)C[C@H]1C1NC(=O)c2cc(B3OC(C)(C)C(C)(C)O3)ccc2N1)C(C)C. The molecule has 1 aromatic rings. The van der Waals surface area contributed by atoms with E-state index in [1.54, 1.807) is 0 Å². The molecule has 1 spiro atoms. The Kier molecular flexibility index (Phi) is 6.46. The zero-order chi connectivity index (χ0) is 27.6. The highest BCUT2D eigenvalue weighted by atomic mass is 16.7. The highest BCUT2D eigenvalue weighted by molar-refractivity contribution is 6.62. The predicted molar refractivity (Wildman–Crippen MR) is 143 cm³/mol. The number of amides is 3. The van der Waals surface area contributed by atoms with Gasteiger partial charge < -0.3 is 34.9 Å². The fourth-order valence-corrected chi connectivity index (χ4v) is 5.67. The van der Waals surface area contributed by atoms with Crippen molar-refractivity contribution >= 4 is 36.2 Å². The lowest BCUT2D eigenvalue weighted by atomic mass is 9.78. The van der Waals surface area contributed by atoms with Crippen molar-refractivity contribution in [1.82, 2.24) is 15.5 Å². The van der Waals surface area contributed by atoms with Crippen LogP contribution in [0.2, 0.25) is 0 Å². The fourth-order valence-electron chi connectivity index (χ4n) is 5.67. The van der Waals surface area contributed by atoms with Crippen LogP contribution < -0.4 is 21.4 Å². The molecule has 0 bridgehead atoms. The minimum absolute atomic E-state index is 0.0838. The molecule has 3 fully saturated rings. The number of carbonyl (C=O) groups is 3. The fraction of sp³-hybridized carbons (Fsp3) is 0.667. The van der Waals surface area contributed by atoms with Gasteiger partial charge in [0, 0.05) is 12.2 Å². The van der Waals surface area contributed by atoms with Crippen LogP contribution in [0.15, 0.2) is 18.2 Å². The first kappa shape index (κ1) is 26.8. The Balaban J connectivity index is 1.36. The summed E-state index contributed by atoms with van der Waals surface area (Å²) in [5.41, 5.74) is 1.12. The van der Waals surface area contributed by atoms with Crippen molar-refractivity contribution in [1.29, 1.82) is 0 Å². The third-order valence-electron chi connectivity index (χ3n) is 8.98. The Labute approximate surface area is 224 Å². The Bertz CT molecular complexity index is 1130. The van der Waals surface area contributed by atoms with E-state index in [1.165, 1.54) is 7.11 Å². The maximum absolute atomic E-state index is 13.7. The molecule has 11 heteroatoms. The molecule has 1 aromatic carbocycles. The first-order valence-electron chi connectivity index (χ1n) is 13.5. The van der Waals surface area contributed by atoms with Crippen molar-refractivity contribution in [2.24, 2.45) is 11.3 Å². The predicted octanol–water partition coefficient (Wildman–Crippen LogP) is 2.23. The third-order valence-corrected chi connectivity index (χ3v) is 8.98. The third kappa shape index (κ3) is 4.64. The summed E-state index contributed by atoms with van der Waals surface area (Å²) in [4.78, 5) is 40.9. The molecule has 3 atom stereocenters. The number of benzene rings is 1. The molecule has 2 saturated heterocycles. The van der Waals surface area contributed by atoms with E-state index in [2.05, 4.69) is 16.0 Å². The van der Waals surface area contributed by atoms with Crippen molar-refractivity contribution in [3.63, 3.8) is 0 Å². The van der Waals surface area contributed by atoms with Crippen molar-refractivity contribution in [3.05, 3.63) is 23.8 Å². The van der Waals surface area contributed by atoms with Gasteiger partial charge in [-0.05, 0) is 75.9 Å². The highest BCUT2D eigenvalue weighted by Gasteiger charge is 2.57. The summed E-state index contributed by atoms with van der Waals surface area (Å²) in [6.07, 6.45) is 1.82. The maximum Gasteiger partial charge on any atom is 0.494 e. The van der Waals surface area contributed by atoms with Gasteiger partial charge in [0.2, 0.25) is 5.91 Å². The van der Waals surface area contributed by atoms with Gasteiger partial charge in [-0.3, -0.25) is 9.59 Å². The number of carbonyl (C=O) groups excluding carboxylic acids is 3. The van der Waals surface area contributed by atoms with E-state index < -0.39 is 36.6 Å². The molecule has 1 aliphatic carbocycles. The zero-order valence-corrected chi connectivity index (χ0v) is 23.3. The highest BCUT2D eigenvalue weighted by Crippen LogP contribution is 2.55. The van der Waals surface area contributed by atoms with Gasteiger partial charge in [0.1, 0.15) is 12.2 Å². The second-order valence-corrected chi connectivity index (χ2v) is 12.6. The molecule has 5 rings (SSSR count). The monoisotopic (exact) mass is 526 g/mol. The van der Waals surface area contributed by atoms with Crippen LogP contribution >= 0.6 is 0 Å². The van der Waals surface area contributed by atoms with Gasteiger partial charge in [-0.1, -0.05) is 19.9 Å². The lowest BCUT2D eigenvalue weighted by Crippen LogP contribution is -2.60. The number of hydrogen-bond acceptors (Lipinski definition) is 7. The van der Waals surface area contributed by atoms with Gasteiger partial charge in [-0.15, -0.1) is 0 Å². The quantitative estimate of drug-likeness (QED) is 0.504. The number of hydrogen-bond donors (Lipinski definition) is 3. The van der Waals surface area contributed by atoms with Gasteiger partial charge >= 0.3 is 13.2 Å². The molecule has 3 aliphatic heterocycles. The lowest BCUT2D eigenvalue weighted by Gasteiger charge is -2.38. The number of ether oxygens (including phenoxy) is 1. The number of alkyl carbamates (subject to hydrolysis) is 1. The van der Waals surface area contributed by atoms with Crippen LogP contribution in [0.5, 0.6) is 0 Å². The summed E-state index contributed by atoms with van der Waals surface area (Å²) in [6, 6.07) is 4.65. The molecule has 3 amide bonds. The Morgan fingerprint density at radius 1 is 1.13 bits per heavy atom. The number of anilines is 1. The van der Waals surface area contributed by atoms with Crippen molar-refractivity contribution in [2.75, 3.05) is 19.0 Å². The smallest absolute Gasteiger partial charge is 0.453 e. The van der Waals surface area contributed by atoms with E-state index in [0.717, 1.165) is 24.7 Å². The molecule has 206 valence electrons. The average molecular weight is 526 g/mol. The first-order valence-corrected chi connectivity index (χ1v) is 13.5. The van der Waals surface area contributed by atoms with Crippen LogP contribution in [0.4, 0.5) is 10.5 Å². The number of nitrogens with zero attached hydrogens (tertiary/aromatic N) is 1. The van der Waals surface area contributed by atoms with Crippen molar-refractivity contribution in [2.45, 2.75) is 90.3 Å². The number of rotatable bonds is 5. The molecule has 38 heavy (non-hydrogen) atoms. The second kappa shape index (κ2) is 9.15. The van der Waals surface area contributed by atoms with E-state index in [1.807, 2.05) is 64.6 Å². The van der Waals surface area contributed by atoms with Crippen molar-refractivity contribution in [3.8, 4) is 0 Å². The van der Waals surface area contributed by atoms with E-state index >= 15 is 0 Å². The standard InChI is InChI=1S/C27H39BN4O6/c1-15(2)20(30-24(35)36-7)23(34)32-14-27(10-11-27)13-19(32)21-29-18-9-8-16(12-17(18)22(33)31-21)28-37-25(3,4)26(5,6)38-28/h8-9,12,15,19-21,29H,10-11,13-14H2,1-7H3,(H,30,35)(H,31,33)/t19-,20-,21?/m0/s1. The normalized spacial score (nSPS) is 27.0. The summed E-state index contributed by atoms with van der Waals surface area (Å²) < 4.78 is 17.1. The van der Waals surface area contributed by atoms with E-state index in [4.69, 9.17) is 14.0 Å². The summed E-state index contributed by atoms with van der Waals surface area (Å²) in [5.74, 6) is -0.488. The molecule has 3 N–H and O–H groups in total. The summed E-state index contributed by atoms with van der Waals surface area (Å²) in [6.45, 7) is 12.4. The van der Waals surface area contributed by atoms with Crippen LogP contribution in [-0.4, -0.2) is 73.0 Å². The maximum atomic E-state index is 13.7. The van der Waals surface area contributed by atoms with E-state index in [9.17, 15) is 14.4 Å². The Morgan fingerprint density at radius 3 is 2.37 bits per heavy atom. The molecule has 10 nitrogen and oxygen atoms in total. The molecule has 0 radical (unpaired) electrons. The number of fused-ring (bicyclic) bond motifs is 1. The molecule has 1 saturated carbocycles. The van der Waals surface area contributed by atoms with Crippen molar-refractivity contribution < 1.29 is 28.4 Å². The summed E-state index contributed by atoms with van der Waals surface area (Å²) >= 11 is 0. The van der Waals surface area contributed by atoms with Gasteiger partial charge in [0.25, 0.3) is 5.91 Å². The molecule has 1 unspecified atom stereocenters. The van der Waals surface area contributed by atoms with Crippen LogP contribution in [0, 0.1) is 11.3 Å². The summed E-state index contributed by atoms with van der Waals surface area (Å²) in [5, 5.41) is 9.27. The largest absolute Gasteiger partial charge is 0.494 e. The molecular weight excluding hydrogens is 487 g/mol. The van der Waals surface area contributed by atoms with Crippen LogP contribution in [0.1, 0.15) is 71.2 Å². The Morgan fingerprint density at radius 2 is 1.79 bits per heavy atom. The molecule has 0 aromatic heterocycles. The molecular formula is C27H39BN4O6. The minimum atomic E-state index is -0.715. The van der Waals surface area contributed by atoms with Gasteiger partial charge in [-0.25, -0.2) is 4.79 Å². The van der Waals surface area contributed by atoms with Crippen LogP contribution in [0.3, 0.4) is 0 Å². The van der Waals surface area contributed by atoms with E-state index in [-0.39, 0.29) is 29.2 Å². The van der Waals surface area contributed by atoms with Gasteiger partial charge in [0.05, 0.1) is 29.9 Å². The van der Waals surface area contributed by atoms with Crippen LogP contribution in [0.25, 0.3) is 0 Å². The molecule has 3 heterocycles. The number of methoxy groups -OCH3 is 1. The lowest BCUT2D eigenvalue weighted by molar-refractivity contribution is -0.135. The molecule has 4 aliphatic rings.